The molecular weight excluding hydrogens is 204 g/mol. The van der Waals surface area contributed by atoms with Crippen LogP contribution in [0.1, 0.15) is 31.5 Å². The van der Waals surface area contributed by atoms with Gasteiger partial charge in [-0.3, -0.25) is 0 Å². The van der Waals surface area contributed by atoms with Crippen LogP contribution in [0.2, 0.25) is 0 Å². The van der Waals surface area contributed by atoms with Gasteiger partial charge in [-0.15, -0.1) is 0 Å². The summed E-state index contributed by atoms with van der Waals surface area (Å²) in [6.45, 7) is 6.08. The summed E-state index contributed by atoms with van der Waals surface area (Å²) < 4.78 is 5.17. The third-order valence-corrected chi connectivity index (χ3v) is 3.21. The molecule has 1 unspecified atom stereocenters. The van der Waals surface area contributed by atoms with E-state index in [-0.39, 0.29) is 0 Å². The van der Waals surface area contributed by atoms with Gasteiger partial charge >= 0.3 is 0 Å². The Labute approximate surface area is 96.0 Å². The maximum absolute atomic E-state index is 5.45. The Bertz CT molecular complexity index is 326. The fraction of sp³-hybridized carbons (Fsp3) is 0.818. The van der Waals surface area contributed by atoms with E-state index < -0.39 is 0 Å². The van der Waals surface area contributed by atoms with Gasteiger partial charge in [-0.1, -0.05) is 12.1 Å². The molecule has 2 N–H and O–H groups in total. The Kier molecular flexibility index (Phi) is 3.90. The van der Waals surface area contributed by atoms with Crippen LogP contribution in [-0.4, -0.2) is 34.7 Å². The van der Waals surface area contributed by atoms with Gasteiger partial charge in [0.25, 0.3) is 0 Å². The van der Waals surface area contributed by atoms with Crippen molar-refractivity contribution >= 4 is 0 Å². The van der Waals surface area contributed by atoms with Crippen molar-refractivity contribution in [1.82, 2.24) is 15.0 Å². The maximum Gasteiger partial charge on any atom is 0.227 e. The summed E-state index contributed by atoms with van der Waals surface area (Å²) >= 11 is 0. The molecule has 16 heavy (non-hydrogen) atoms. The van der Waals surface area contributed by atoms with E-state index in [1.54, 1.807) is 0 Å². The molecule has 1 aliphatic heterocycles. The third kappa shape index (κ3) is 2.80. The minimum Gasteiger partial charge on any atom is -0.339 e. The predicted molar refractivity (Wildman–Crippen MR) is 60.7 cm³/mol. The fourth-order valence-corrected chi connectivity index (χ4v) is 2.31. The number of piperidine rings is 1. The first-order chi connectivity index (χ1) is 7.81. The number of hydrogen-bond donors (Lipinski definition) is 1. The third-order valence-electron chi connectivity index (χ3n) is 3.21. The summed E-state index contributed by atoms with van der Waals surface area (Å²) in [5.74, 6) is 2.00. The fourth-order valence-electron chi connectivity index (χ4n) is 2.31. The lowest BCUT2D eigenvalue weighted by atomic mass is 9.95. The molecule has 0 bridgehead atoms. The molecule has 1 fully saturated rings. The first-order valence-corrected chi connectivity index (χ1v) is 6.05. The smallest absolute Gasteiger partial charge is 0.227 e. The van der Waals surface area contributed by atoms with E-state index in [1.807, 2.05) is 0 Å². The van der Waals surface area contributed by atoms with Crippen molar-refractivity contribution in [3.8, 4) is 0 Å². The molecule has 90 valence electrons. The van der Waals surface area contributed by atoms with Crippen LogP contribution in [0.3, 0.4) is 0 Å². The highest BCUT2D eigenvalue weighted by molar-refractivity contribution is 4.88. The monoisotopic (exact) mass is 224 g/mol. The summed E-state index contributed by atoms with van der Waals surface area (Å²) in [5, 5.41) is 3.81. The molecule has 0 aromatic carbocycles. The van der Waals surface area contributed by atoms with Crippen LogP contribution in [0.25, 0.3) is 0 Å². The van der Waals surface area contributed by atoms with Gasteiger partial charge in [-0.2, -0.15) is 4.98 Å². The van der Waals surface area contributed by atoms with E-state index in [1.165, 1.54) is 19.4 Å². The van der Waals surface area contributed by atoms with Crippen molar-refractivity contribution in [3.05, 3.63) is 11.7 Å². The number of likely N-dealkylation sites (tertiary alicyclic amines) is 1. The largest absolute Gasteiger partial charge is 0.339 e. The number of aromatic nitrogens is 2. The molecule has 0 amide bonds. The molecule has 0 radical (unpaired) electrons. The first kappa shape index (κ1) is 11.5. The van der Waals surface area contributed by atoms with E-state index >= 15 is 0 Å². The van der Waals surface area contributed by atoms with Crippen molar-refractivity contribution in [1.29, 1.82) is 0 Å². The van der Waals surface area contributed by atoms with Gasteiger partial charge in [0.15, 0.2) is 5.82 Å². The molecule has 5 heteroatoms. The van der Waals surface area contributed by atoms with Crippen LogP contribution in [0, 0.1) is 5.92 Å². The van der Waals surface area contributed by atoms with E-state index in [0.717, 1.165) is 25.4 Å². The molecule has 1 atom stereocenters. The van der Waals surface area contributed by atoms with Crippen LogP contribution in [0.5, 0.6) is 0 Å². The number of nitrogens with zero attached hydrogens (tertiary/aromatic N) is 3. The summed E-state index contributed by atoms with van der Waals surface area (Å²) in [5.41, 5.74) is 5.45. The highest BCUT2D eigenvalue weighted by atomic mass is 16.5. The van der Waals surface area contributed by atoms with Crippen LogP contribution >= 0.6 is 0 Å². The second-order valence-electron chi connectivity index (χ2n) is 4.41. The number of rotatable bonds is 4. The van der Waals surface area contributed by atoms with Crippen LogP contribution in [-0.2, 0) is 13.0 Å². The molecule has 5 nitrogen and oxygen atoms in total. The first-order valence-electron chi connectivity index (χ1n) is 6.05. The summed E-state index contributed by atoms with van der Waals surface area (Å²) in [7, 11) is 0. The van der Waals surface area contributed by atoms with E-state index in [9.17, 15) is 0 Å². The summed E-state index contributed by atoms with van der Waals surface area (Å²) in [6.07, 6.45) is 3.43. The van der Waals surface area contributed by atoms with Crippen LogP contribution < -0.4 is 5.73 Å². The zero-order valence-corrected chi connectivity index (χ0v) is 9.85. The molecule has 1 aromatic rings. The van der Waals surface area contributed by atoms with Crippen LogP contribution in [0.4, 0.5) is 0 Å². The van der Waals surface area contributed by atoms with Gasteiger partial charge in [0.1, 0.15) is 0 Å². The van der Waals surface area contributed by atoms with Gasteiger partial charge in [0.2, 0.25) is 5.89 Å². The second kappa shape index (κ2) is 5.41. The molecule has 0 spiro atoms. The SMILES string of the molecule is CCN1CCCC(Cc2nc(CN)no2)C1. The normalized spacial score (nSPS) is 22.5. The Morgan fingerprint density at radius 3 is 3.12 bits per heavy atom. The highest BCUT2D eigenvalue weighted by Gasteiger charge is 2.21. The lowest BCUT2D eigenvalue weighted by Gasteiger charge is -2.30. The Morgan fingerprint density at radius 2 is 2.44 bits per heavy atom. The summed E-state index contributed by atoms with van der Waals surface area (Å²) in [4.78, 5) is 6.73. The van der Waals surface area contributed by atoms with E-state index in [0.29, 0.717) is 18.3 Å². The predicted octanol–water partition coefficient (Wildman–Crippen LogP) is 0.803. The zero-order valence-electron chi connectivity index (χ0n) is 9.85. The lowest BCUT2D eigenvalue weighted by molar-refractivity contribution is 0.174. The van der Waals surface area contributed by atoms with Crippen LogP contribution in [0.15, 0.2) is 4.52 Å². The molecule has 2 heterocycles. The number of nitrogens with two attached hydrogens (primary N) is 1. The lowest BCUT2D eigenvalue weighted by Crippen LogP contribution is -2.35. The van der Waals surface area contributed by atoms with Crippen molar-refractivity contribution in [2.45, 2.75) is 32.7 Å². The van der Waals surface area contributed by atoms with Crippen molar-refractivity contribution < 1.29 is 4.52 Å². The van der Waals surface area contributed by atoms with Gasteiger partial charge in [-0.05, 0) is 31.8 Å². The topological polar surface area (TPSA) is 68.2 Å². The molecule has 0 saturated carbocycles. The van der Waals surface area contributed by atoms with Crippen molar-refractivity contribution in [2.75, 3.05) is 19.6 Å². The zero-order chi connectivity index (χ0) is 11.4. The standard InChI is InChI=1S/C11H20N4O/c1-2-15-5-3-4-9(8-15)6-11-13-10(7-12)14-16-11/h9H,2-8,12H2,1H3. The Balaban J connectivity index is 1.88. The average Bonchev–Trinajstić information content (AvgIpc) is 2.77. The number of hydrogen-bond acceptors (Lipinski definition) is 5. The molecule has 1 aromatic heterocycles. The maximum atomic E-state index is 5.45. The highest BCUT2D eigenvalue weighted by Crippen LogP contribution is 2.19. The van der Waals surface area contributed by atoms with Crippen molar-refractivity contribution in [2.24, 2.45) is 11.7 Å². The quantitative estimate of drug-likeness (QED) is 0.819. The Hall–Kier alpha value is -0.940. The molecule has 0 aliphatic carbocycles. The van der Waals surface area contributed by atoms with Gasteiger partial charge in [0, 0.05) is 13.0 Å². The molecular formula is C11H20N4O. The van der Waals surface area contributed by atoms with E-state index in [4.69, 9.17) is 10.3 Å². The minimum atomic E-state index is 0.356. The summed E-state index contributed by atoms with van der Waals surface area (Å²) in [6, 6.07) is 0. The second-order valence-corrected chi connectivity index (χ2v) is 4.41. The van der Waals surface area contributed by atoms with Gasteiger partial charge in [-0.25, -0.2) is 0 Å². The van der Waals surface area contributed by atoms with Gasteiger partial charge < -0.3 is 15.2 Å². The Morgan fingerprint density at radius 1 is 1.56 bits per heavy atom. The molecule has 1 saturated heterocycles. The minimum absolute atomic E-state index is 0.356. The molecule has 1 aliphatic rings. The van der Waals surface area contributed by atoms with Crippen molar-refractivity contribution in [3.63, 3.8) is 0 Å². The van der Waals surface area contributed by atoms with Gasteiger partial charge in [0.05, 0.1) is 6.54 Å². The molecule has 2 rings (SSSR count). The average molecular weight is 224 g/mol. The van der Waals surface area contributed by atoms with E-state index in [2.05, 4.69) is 22.0 Å².